The Labute approximate surface area is 122 Å². The molecular weight excluding hydrogens is 285 g/mol. The molecule has 0 saturated carbocycles. The van der Waals surface area contributed by atoms with E-state index in [0.29, 0.717) is 27.4 Å². The molecule has 19 heavy (non-hydrogen) atoms. The lowest BCUT2D eigenvalue weighted by Crippen LogP contribution is -1.97. The highest BCUT2D eigenvalue weighted by Gasteiger charge is 2.15. The van der Waals surface area contributed by atoms with Crippen molar-refractivity contribution in [1.82, 2.24) is 9.78 Å². The van der Waals surface area contributed by atoms with Gasteiger partial charge in [0.05, 0.1) is 15.7 Å². The van der Waals surface area contributed by atoms with Crippen LogP contribution in [0, 0.1) is 0 Å². The van der Waals surface area contributed by atoms with Crippen LogP contribution >= 0.6 is 23.2 Å². The third kappa shape index (κ3) is 2.96. The number of nitrogen functional groups attached to an aromatic ring is 1. The number of aromatic nitrogens is 2. The lowest BCUT2D eigenvalue weighted by atomic mass is 10.2. The Bertz CT molecular complexity index is 596. The highest BCUT2D eigenvalue weighted by atomic mass is 35.5. The Morgan fingerprint density at radius 2 is 2.05 bits per heavy atom. The van der Waals surface area contributed by atoms with Crippen molar-refractivity contribution in [3.05, 3.63) is 33.9 Å². The maximum Gasteiger partial charge on any atom is 0.241 e. The molecule has 0 radical (unpaired) electrons. The van der Waals surface area contributed by atoms with Crippen molar-refractivity contribution in [3.63, 3.8) is 0 Å². The zero-order valence-electron chi connectivity index (χ0n) is 10.8. The van der Waals surface area contributed by atoms with E-state index in [9.17, 15) is 0 Å². The van der Waals surface area contributed by atoms with Crippen molar-refractivity contribution < 1.29 is 4.74 Å². The summed E-state index contributed by atoms with van der Waals surface area (Å²) in [6.07, 6.45) is 1.80. The minimum absolute atomic E-state index is 0.439. The fourth-order valence-corrected chi connectivity index (χ4v) is 2.06. The number of ether oxygens (including phenoxy) is 1. The highest BCUT2D eigenvalue weighted by Crippen LogP contribution is 2.33. The van der Waals surface area contributed by atoms with Crippen molar-refractivity contribution in [3.8, 4) is 11.6 Å². The van der Waals surface area contributed by atoms with E-state index in [1.165, 1.54) is 0 Å². The molecule has 0 aliphatic rings. The Kier molecular flexibility index (Phi) is 4.22. The van der Waals surface area contributed by atoms with Gasteiger partial charge in [-0.05, 0) is 18.6 Å². The lowest BCUT2D eigenvalue weighted by molar-refractivity contribution is 0.432. The number of nitrogens with zero attached hydrogens (tertiary/aromatic N) is 2. The monoisotopic (exact) mass is 299 g/mol. The smallest absolute Gasteiger partial charge is 0.241 e. The molecule has 0 atom stereocenters. The quantitative estimate of drug-likeness (QED) is 0.926. The molecule has 102 valence electrons. The maximum absolute atomic E-state index is 6.04. The Morgan fingerprint density at radius 3 is 2.68 bits per heavy atom. The van der Waals surface area contributed by atoms with E-state index in [4.69, 9.17) is 33.7 Å². The summed E-state index contributed by atoms with van der Waals surface area (Å²) >= 11 is 11.8. The molecule has 0 aliphatic heterocycles. The number of hydrogen-bond donors (Lipinski definition) is 1. The van der Waals surface area contributed by atoms with E-state index >= 15 is 0 Å². The second-order valence-electron chi connectivity index (χ2n) is 4.22. The summed E-state index contributed by atoms with van der Waals surface area (Å²) in [6.45, 7) is 2.08. The predicted molar refractivity (Wildman–Crippen MR) is 78.2 cm³/mol. The van der Waals surface area contributed by atoms with Gasteiger partial charge in [0.15, 0.2) is 0 Å². The van der Waals surface area contributed by atoms with Crippen LogP contribution in [0.15, 0.2) is 18.2 Å². The zero-order valence-corrected chi connectivity index (χ0v) is 12.3. The molecule has 0 unspecified atom stereocenters. The van der Waals surface area contributed by atoms with Gasteiger partial charge in [-0.1, -0.05) is 36.5 Å². The highest BCUT2D eigenvalue weighted by molar-refractivity contribution is 6.42. The summed E-state index contributed by atoms with van der Waals surface area (Å²) in [4.78, 5) is 0. The number of nitrogens with two attached hydrogens (primary N) is 1. The molecule has 2 N–H and O–H groups in total. The number of anilines is 1. The predicted octanol–water partition coefficient (Wildman–Crippen LogP) is 4.05. The van der Waals surface area contributed by atoms with Gasteiger partial charge < -0.3 is 10.5 Å². The maximum atomic E-state index is 6.04. The van der Waals surface area contributed by atoms with Gasteiger partial charge in [0.1, 0.15) is 11.4 Å². The van der Waals surface area contributed by atoms with Gasteiger partial charge in [0.25, 0.3) is 0 Å². The number of rotatable bonds is 4. The van der Waals surface area contributed by atoms with Gasteiger partial charge in [0.2, 0.25) is 5.88 Å². The molecule has 0 saturated heterocycles. The molecule has 0 bridgehead atoms. The molecule has 0 aliphatic carbocycles. The summed E-state index contributed by atoms with van der Waals surface area (Å²) in [5, 5.41) is 5.27. The Hall–Kier alpha value is -1.39. The van der Waals surface area contributed by atoms with E-state index in [1.54, 1.807) is 29.9 Å². The lowest BCUT2D eigenvalue weighted by Gasteiger charge is -2.07. The summed E-state index contributed by atoms with van der Waals surface area (Å²) in [5.41, 5.74) is 7.45. The van der Waals surface area contributed by atoms with Crippen LogP contribution in [0.3, 0.4) is 0 Å². The number of aryl methyl sites for hydroxylation is 2. The number of hydrogen-bond acceptors (Lipinski definition) is 3. The first-order valence-corrected chi connectivity index (χ1v) is 6.72. The van der Waals surface area contributed by atoms with Gasteiger partial charge in [0, 0.05) is 13.1 Å². The van der Waals surface area contributed by atoms with Crippen LogP contribution in [0.4, 0.5) is 5.69 Å². The van der Waals surface area contributed by atoms with E-state index in [2.05, 4.69) is 12.0 Å². The van der Waals surface area contributed by atoms with Crippen LogP contribution in [0.1, 0.15) is 19.0 Å². The topological polar surface area (TPSA) is 53.1 Å². The summed E-state index contributed by atoms with van der Waals surface area (Å²) in [7, 11) is 1.79. The van der Waals surface area contributed by atoms with Crippen LogP contribution in [-0.2, 0) is 13.5 Å². The minimum atomic E-state index is 0.439. The van der Waals surface area contributed by atoms with Crippen molar-refractivity contribution in [1.29, 1.82) is 0 Å². The molecule has 4 nitrogen and oxygen atoms in total. The van der Waals surface area contributed by atoms with Crippen LogP contribution in [0.25, 0.3) is 0 Å². The number of benzene rings is 1. The normalized spacial score (nSPS) is 10.7. The summed E-state index contributed by atoms with van der Waals surface area (Å²) < 4.78 is 7.36. The fourth-order valence-electron chi connectivity index (χ4n) is 1.77. The number of halogens is 2. The van der Waals surface area contributed by atoms with Crippen LogP contribution < -0.4 is 10.5 Å². The van der Waals surface area contributed by atoms with Crippen LogP contribution in [0.2, 0.25) is 10.0 Å². The average Bonchev–Trinajstić information content (AvgIpc) is 2.62. The van der Waals surface area contributed by atoms with E-state index in [1.807, 2.05) is 0 Å². The van der Waals surface area contributed by atoms with Gasteiger partial charge in [-0.15, -0.1) is 0 Å². The van der Waals surface area contributed by atoms with Crippen molar-refractivity contribution in [2.24, 2.45) is 7.05 Å². The molecule has 0 spiro atoms. The SMILES string of the molecule is CCCc1nn(C)c(Oc2ccc(Cl)c(Cl)c2)c1N. The molecule has 1 aromatic heterocycles. The second-order valence-corrected chi connectivity index (χ2v) is 5.03. The molecule has 6 heteroatoms. The molecular formula is C13H15Cl2N3O. The van der Waals surface area contributed by atoms with Crippen molar-refractivity contribution >= 4 is 28.9 Å². The van der Waals surface area contributed by atoms with Gasteiger partial charge in [-0.2, -0.15) is 5.10 Å². The van der Waals surface area contributed by atoms with E-state index in [-0.39, 0.29) is 0 Å². The molecule has 0 amide bonds. The molecule has 0 fully saturated rings. The van der Waals surface area contributed by atoms with Gasteiger partial charge in [-0.3, -0.25) is 0 Å². The first kappa shape index (κ1) is 14.0. The molecule has 2 aromatic rings. The summed E-state index contributed by atoms with van der Waals surface area (Å²) in [6, 6.07) is 5.06. The van der Waals surface area contributed by atoms with E-state index < -0.39 is 0 Å². The third-order valence-electron chi connectivity index (χ3n) is 2.70. The first-order chi connectivity index (χ1) is 9.02. The standard InChI is InChI=1S/C13H15Cl2N3O/c1-3-4-11-12(16)13(18(2)17-11)19-8-5-6-9(14)10(15)7-8/h5-7H,3-4,16H2,1-2H3. The molecule has 1 heterocycles. The molecule has 2 rings (SSSR count). The molecule has 1 aromatic carbocycles. The largest absolute Gasteiger partial charge is 0.437 e. The third-order valence-corrected chi connectivity index (χ3v) is 3.44. The Morgan fingerprint density at radius 1 is 1.32 bits per heavy atom. The van der Waals surface area contributed by atoms with Crippen molar-refractivity contribution in [2.75, 3.05) is 5.73 Å². The van der Waals surface area contributed by atoms with Gasteiger partial charge in [-0.25, -0.2) is 4.68 Å². The van der Waals surface area contributed by atoms with Crippen LogP contribution in [-0.4, -0.2) is 9.78 Å². The zero-order chi connectivity index (χ0) is 14.0. The second kappa shape index (κ2) is 5.72. The summed E-state index contributed by atoms with van der Waals surface area (Å²) in [5.74, 6) is 1.09. The van der Waals surface area contributed by atoms with Crippen LogP contribution in [0.5, 0.6) is 11.6 Å². The minimum Gasteiger partial charge on any atom is -0.437 e. The first-order valence-electron chi connectivity index (χ1n) is 5.97. The Balaban J connectivity index is 2.30. The van der Waals surface area contributed by atoms with Gasteiger partial charge >= 0.3 is 0 Å². The fraction of sp³-hybridized carbons (Fsp3) is 0.308. The average molecular weight is 300 g/mol. The van der Waals surface area contributed by atoms with E-state index in [0.717, 1.165) is 18.5 Å². The van der Waals surface area contributed by atoms with Crippen molar-refractivity contribution in [2.45, 2.75) is 19.8 Å².